The highest BCUT2D eigenvalue weighted by molar-refractivity contribution is 5.89. The van der Waals surface area contributed by atoms with Gasteiger partial charge in [0.25, 0.3) is 0 Å². The van der Waals surface area contributed by atoms with Crippen molar-refractivity contribution in [3.05, 3.63) is 54.1 Å². The average Bonchev–Trinajstić information content (AvgIpc) is 2.58. The van der Waals surface area contributed by atoms with E-state index in [1.54, 1.807) is 48.5 Å². The number of rotatable bonds is 8. The van der Waals surface area contributed by atoms with Crippen molar-refractivity contribution in [3.8, 4) is 11.5 Å². The second kappa shape index (κ2) is 9.17. The van der Waals surface area contributed by atoms with E-state index in [0.29, 0.717) is 23.6 Å². The van der Waals surface area contributed by atoms with Gasteiger partial charge in [-0.25, -0.2) is 4.79 Å². The topological polar surface area (TPSA) is 96.9 Å². The standard InChI is InChI=1S/C18H20N2O5/c1-2-24-15-7-9-16(10-8-15)25-12-19-18(23)20-14-5-3-13(4-6-14)11-17(21)22/h3-10H,2,11-12H2,1H3,(H,21,22)(H2,19,20,23). The van der Waals surface area contributed by atoms with E-state index in [4.69, 9.17) is 14.6 Å². The molecule has 2 amide bonds. The number of hydrogen-bond acceptors (Lipinski definition) is 4. The minimum Gasteiger partial charge on any atom is -0.494 e. The molecule has 2 aromatic carbocycles. The Balaban J connectivity index is 1.74. The van der Waals surface area contributed by atoms with Crippen molar-refractivity contribution in [2.45, 2.75) is 13.3 Å². The molecular formula is C18H20N2O5. The lowest BCUT2D eigenvalue weighted by atomic mass is 10.1. The highest BCUT2D eigenvalue weighted by Crippen LogP contribution is 2.17. The van der Waals surface area contributed by atoms with Crippen molar-refractivity contribution >= 4 is 17.7 Å². The van der Waals surface area contributed by atoms with Gasteiger partial charge >= 0.3 is 12.0 Å². The molecule has 0 aromatic heterocycles. The molecule has 7 nitrogen and oxygen atoms in total. The molecule has 2 aromatic rings. The first-order valence-electron chi connectivity index (χ1n) is 7.78. The first kappa shape index (κ1) is 18.1. The van der Waals surface area contributed by atoms with Gasteiger partial charge in [0, 0.05) is 5.69 Å². The molecule has 0 saturated heterocycles. The van der Waals surface area contributed by atoms with E-state index < -0.39 is 12.0 Å². The lowest BCUT2D eigenvalue weighted by Crippen LogP contribution is -2.32. The number of ether oxygens (including phenoxy) is 2. The summed E-state index contributed by atoms with van der Waals surface area (Å²) >= 11 is 0. The predicted molar refractivity (Wildman–Crippen MR) is 93.0 cm³/mol. The van der Waals surface area contributed by atoms with Gasteiger partial charge in [0.05, 0.1) is 13.0 Å². The Morgan fingerprint density at radius 1 is 0.960 bits per heavy atom. The Hall–Kier alpha value is -3.22. The zero-order chi connectivity index (χ0) is 18.1. The first-order chi connectivity index (χ1) is 12.1. The Morgan fingerprint density at radius 3 is 2.12 bits per heavy atom. The molecule has 0 aliphatic carbocycles. The van der Waals surface area contributed by atoms with Crippen LogP contribution in [0.4, 0.5) is 10.5 Å². The molecule has 0 saturated carbocycles. The molecule has 7 heteroatoms. The number of benzene rings is 2. The van der Waals surface area contributed by atoms with Gasteiger partial charge < -0.3 is 25.2 Å². The summed E-state index contributed by atoms with van der Waals surface area (Å²) in [6, 6.07) is 13.3. The Bertz CT molecular complexity index is 698. The Labute approximate surface area is 145 Å². The van der Waals surface area contributed by atoms with E-state index in [2.05, 4.69) is 10.6 Å². The summed E-state index contributed by atoms with van der Waals surface area (Å²) in [4.78, 5) is 22.4. The van der Waals surface area contributed by atoms with Crippen molar-refractivity contribution in [1.82, 2.24) is 5.32 Å². The molecule has 3 N–H and O–H groups in total. The number of carbonyl (C=O) groups excluding carboxylic acids is 1. The highest BCUT2D eigenvalue weighted by Gasteiger charge is 2.04. The maximum atomic E-state index is 11.8. The van der Waals surface area contributed by atoms with Crippen molar-refractivity contribution in [1.29, 1.82) is 0 Å². The van der Waals surface area contributed by atoms with Gasteiger partial charge in [0.2, 0.25) is 0 Å². The molecule has 0 atom stereocenters. The number of urea groups is 1. The van der Waals surface area contributed by atoms with Crippen molar-refractivity contribution in [3.63, 3.8) is 0 Å². The van der Waals surface area contributed by atoms with Gasteiger partial charge in [-0.2, -0.15) is 0 Å². The average molecular weight is 344 g/mol. The minimum atomic E-state index is -0.898. The number of hydrogen-bond donors (Lipinski definition) is 3. The summed E-state index contributed by atoms with van der Waals surface area (Å²) in [5.41, 5.74) is 1.23. The number of anilines is 1. The van der Waals surface area contributed by atoms with Crippen LogP contribution in [0.1, 0.15) is 12.5 Å². The molecule has 0 radical (unpaired) electrons. The second-order valence-electron chi connectivity index (χ2n) is 5.09. The fraction of sp³-hybridized carbons (Fsp3) is 0.222. The predicted octanol–water partition coefficient (Wildman–Crippen LogP) is 2.87. The van der Waals surface area contributed by atoms with Gasteiger partial charge in [-0.3, -0.25) is 4.79 Å². The summed E-state index contributed by atoms with van der Waals surface area (Å²) in [5, 5.41) is 13.9. The number of aliphatic carboxylic acids is 1. The smallest absolute Gasteiger partial charge is 0.321 e. The van der Waals surface area contributed by atoms with E-state index >= 15 is 0 Å². The first-order valence-corrected chi connectivity index (χ1v) is 7.78. The second-order valence-corrected chi connectivity index (χ2v) is 5.09. The van der Waals surface area contributed by atoms with Crippen molar-refractivity contribution in [2.75, 3.05) is 18.7 Å². The van der Waals surface area contributed by atoms with Crippen LogP contribution in [-0.4, -0.2) is 30.4 Å². The number of amides is 2. The van der Waals surface area contributed by atoms with E-state index in [9.17, 15) is 9.59 Å². The third kappa shape index (κ3) is 6.42. The zero-order valence-electron chi connectivity index (χ0n) is 13.8. The van der Waals surface area contributed by atoms with Crippen LogP contribution in [-0.2, 0) is 11.2 Å². The van der Waals surface area contributed by atoms with Crippen LogP contribution in [0.3, 0.4) is 0 Å². The molecule has 0 unspecified atom stereocenters. The molecule has 0 spiro atoms. The maximum absolute atomic E-state index is 11.8. The quantitative estimate of drug-likeness (QED) is 0.640. The van der Waals surface area contributed by atoms with Crippen molar-refractivity contribution < 1.29 is 24.2 Å². The van der Waals surface area contributed by atoms with Gasteiger partial charge in [-0.1, -0.05) is 12.1 Å². The van der Waals surface area contributed by atoms with E-state index in [-0.39, 0.29) is 13.2 Å². The van der Waals surface area contributed by atoms with Crippen LogP contribution in [0.5, 0.6) is 11.5 Å². The van der Waals surface area contributed by atoms with Gasteiger partial charge in [0.1, 0.15) is 11.5 Å². The molecule has 2 rings (SSSR count). The Kier molecular flexibility index (Phi) is 6.65. The highest BCUT2D eigenvalue weighted by atomic mass is 16.5. The lowest BCUT2D eigenvalue weighted by molar-refractivity contribution is -0.136. The lowest BCUT2D eigenvalue weighted by Gasteiger charge is -2.10. The van der Waals surface area contributed by atoms with Gasteiger partial charge in [0.15, 0.2) is 6.73 Å². The fourth-order valence-electron chi connectivity index (χ4n) is 2.04. The maximum Gasteiger partial charge on any atom is 0.321 e. The van der Waals surface area contributed by atoms with Crippen LogP contribution >= 0.6 is 0 Å². The minimum absolute atomic E-state index is 0.0108. The van der Waals surface area contributed by atoms with Crippen LogP contribution < -0.4 is 20.1 Å². The number of carboxylic acid groups (broad SMARTS) is 1. The number of nitrogens with one attached hydrogen (secondary N) is 2. The molecule has 0 bridgehead atoms. The van der Waals surface area contributed by atoms with Crippen LogP contribution in [0.2, 0.25) is 0 Å². The number of carboxylic acids is 1. The third-order valence-electron chi connectivity index (χ3n) is 3.17. The SMILES string of the molecule is CCOc1ccc(OCNC(=O)Nc2ccc(CC(=O)O)cc2)cc1. The summed E-state index contributed by atoms with van der Waals surface area (Å²) < 4.78 is 10.7. The molecule has 0 heterocycles. The largest absolute Gasteiger partial charge is 0.494 e. The summed E-state index contributed by atoms with van der Waals surface area (Å²) in [6.45, 7) is 2.52. The van der Waals surface area contributed by atoms with Crippen LogP contribution in [0.15, 0.2) is 48.5 Å². The Morgan fingerprint density at radius 2 is 1.56 bits per heavy atom. The summed E-state index contributed by atoms with van der Waals surface area (Å²) in [6.07, 6.45) is -0.0532. The fourth-order valence-corrected chi connectivity index (χ4v) is 2.04. The van der Waals surface area contributed by atoms with Crippen LogP contribution in [0, 0.1) is 0 Å². The van der Waals surface area contributed by atoms with Crippen LogP contribution in [0.25, 0.3) is 0 Å². The summed E-state index contributed by atoms with van der Waals surface area (Å²) in [7, 11) is 0. The van der Waals surface area contributed by atoms with E-state index in [0.717, 1.165) is 5.75 Å². The molecule has 0 aliphatic rings. The number of carbonyl (C=O) groups is 2. The normalized spacial score (nSPS) is 9.96. The van der Waals surface area contributed by atoms with E-state index in [1.165, 1.54) is 0 Å². The molecular weight excluding hydrogens is 324 g/mol. The zero-order valence-corrected chi connectivity index (χ0v) is 13.8. The molecule has 25 heavy (non-hydrogen) atoms. The third-order valence-corrected chi connectivity index (χ3v) is 3.17. The van der Waals surface area contributed by atoms with Crippen molar-refractivity contribution in [2.24, 2.45) is 0 Å². The molecule has 0 aliphatic heterocycles. The van der Waals surface area contributed by atoms with Gasteiger partial charge in [-0.15, -0.1) is 0 Å². The molecule has 132 valence electrons. The van der Waals surface area contributed by atoms with E-state index in [1.807, 2.05) is 6.92 Å². The van der Waals surface area contributed by atoms with Gasteiger partial charge in [-0.05, 0) is 48.9 Å². The summed E-state index contributed by atoms with van der Waals surface area (Å²) in [5.74, 6) is 0.471. The molecule has 0 fully saturated rings. The monoisotopic (exact) mass is 344 g/mol.